The van der Waals surface area contributed by atoms with Gasteiger partial charge in [0.05, 0.1) is 11.8 Å². The summed E-state index contributed by atoms with van der Waals surface area (Å²) in [7, 11) is 1.74. The minimum Gasteiger partial charge on any atom is -0.363 e. The summed E-state index contributed by atoms with van der Waals surface area (Å²) in [5.41, 5.74) is 0.244. The summed E-state index contributed by atoms with van der Waals surface area (Å²) >= 11 is 2.59. The molecule has 2 N–H and O–H groups in total. The lowest BCUT2D eigenvalue weighted by atomic mass is 10.1. The molecule has 1 atom stereocenters. The Hall–Kier alpha value is -1.74. The van der Waals surface area contributed by atoms with Crippen LogP contribution in [0.1, 0.15) is 18.5 Å². The molecule has 0 saturated heterocycles. The summed E-state index contributed by atoms with van der Waals surface area (Å²) in [6.45, 7) is 1.64. The van der Waals surface area contributed by atoms with Crippen molar-refractivity contribution >= 4 is 34.1 Å². The van der Waals surface area contributed by atoms with Crippen molar-refractivity contribution in [1.82, 2.24) is 15.5 Å². The lowest BCUT2D eigenvalue weighted by Gasteiger charge is -2.14. The Morgan fingerprint density at radius 3 is 2.82 bits per heavy atom. The molecule has 1 aromatic heterocycles. The Balaban J connectivity index is 1.88. The van der Waals surface area contributed by atoms with Gasteiger partial charge < -0.3 is 10.6 Å². The molecule has 2 rings (SSSR count). The maximum atomic E-state index is 13.6. The Bertz CT molecular complexity index is 665. The van der Waals surface area contributed by atoms with Crippen LogP contribution in [0.5, 0.6) is 0 Å². The standard InChI is InChI=1S/C13H14F2N4OS2/c1-7(9-4-3-8(14)5-10(9)15)17-11(20)6-21-13-19-18-12(16-2)22-13/h3-5,7H,6H2,1-2H3,(H,16,18)(H,17,20)/t7-/m0/s1. The van der Waals surface area contributed by atoms with Crippen LogP contribution in [0, 0.1) is 11.6 Å². The number of amides is 1. The van der Waals surface area contributed by atoms with Gasteiger partial charge in [0, 0.05) is 18.7 Å². The number of aromatic nitrogens is 2. The number of rotatable bonds is 6. The lowest BCUT2D eigenvalue weighted by Crippen LogP contribution is -2.28. The molecule has 0 aliphatic heterocycles. The molecule has 22 heavy (non-hydrogen) atoms. The van der Waals surface area contributed by atoms with Crippen molar-refractivity contribution in [3.8, 4) is 0 Å². The topological polar surface area (TPSA) is 66.9 Å². The van der Waals surface area contributed by atoms with E-state index < -0.39 is 17.7 Å². The first-order valence-corrected chi connectivity index (χ1v) is 8.18. The maximum Gasteiger partial charge on any atom is 0.230 e. The van der Waals surface area contributed by atoms with Crippen molar-refractivity contribution in [3.63, 3.8) is 0 Å². The average Bonchev–Trinajstić information content (AvgIpc) is 2.93. The first kappa shape index (κ1) is 16.6. The number of hydrogen-bond acceptors (Lipinski definition) is 6. The molecule has 118 valence electrons. The molecule has 0 spiro atoms. The fourth-order valence-electron chi connectivity index (χ4n) is 1.71. The number of nitrogens with one attached hydrogen (secondary N) is 2. The molecule has 0 aliphatic carbocycles. The van der Waals surface area contributed by atoms with E-state index in [1.54, 1.807) is 14.0 Å². The van der Waals surface area contributed by atoms with E-state index in [9.17, 15) is 13.6 Å². The molecule has 5 nitrogen and oxygen atoms in total. The van der Waals surface area contributed by atoms with Crippen molar-refractivity contribution in [3.05, 3.63) is 35.4 Å². The smallest absolute Gasteiger partial charge is 0.230 e. The minimum atomic E-state index is -0.678. The van der Waals surface area contributed by atoms with E-state index in [4.69, 9.17) is 0 Å². The highest BCUT2D eigenvalue weighted by molar-refractivity contribution is 8.01. The number of halogens is 2. The summed E-state index contributed by atoms with van der Waals surface area (Å²) in [6.07, 6.45) is 0. The average molecular weight is 344 g/mol. The van der Waals surface area contributed by atoms with Gasteiger partial charge in [-0.1, -0.05) is 29.2 Å². The van der Waals surface area contributed by atoms with Gasteiger partial charge in [-0.15, -0.1) is 10.2 Å². The molecule has 0 saturated carbocycles. The molecule has 0 bridgehead atoms. The zero-order valence-electron chi connectivity index (χ0n) is 11.9. The van der Waals surface area contributed by atoms with Gasteiger partial charge in [0.2, 0.25) is 11.0 Å². The third-order valence-electron chi connectivity index (χ3n) is 2.75. The molecule has 1 aromatic carbocycles. The number of hydrogen-bond donors (Lipinski definition) is 2. The monoisotopic (exact) mass is 344 g/mol. The number of benzene rings is 1. The summed E-state index contributed by atoms with van der Waals surface area (Å²) in [5, 5.41) is 14.0. The first-order valence-electron chi connectivity index (χ1n) is 6.38. The van der Waals surface area contributed by atoms with E-state index in [0.29, 0.717) is 9.47 Å². The zero-order chi connectivity index (χ0) is 16.1. The van der Waals surface area contributed by atoms with E-state index in [-0.39, 0.29) is 17.2 Å². The first-order chi connectivity index (χ1) is 10.5. The summed E-state index contributed by atoms with van der Waals surface area (Å²) in [6, 6.07) is 2.74. The van der Waals surface area contributed by atoms with E-state index in [0.717, 1.165) is 12.1 Å². The van der Waals surface area contributed by atoms with Crippen LogP contribution < -0.4 is 10.6 Å². The van der Waals surface area contributed by atoms with E-state index in [1.807, 2.05) is 0 Å². The van der Waals surface area contributed by atoms with Crippen LogP contribution in [-0.2, 0) is 4.79 Å². The number of thioether (sulfide) groups is 1. The highest BCUT2D eigenvalue weighted by Crippen LogP contribution is 2.25. The molecule has 1 amide bonds. The van der Waals surface area contributed by atoms with E-state index >= 15 is 0 Å². The second-order valence-electron chi connectivity index (χ2n) is 4.37. The number of carbonyl (C=O) groups is 1. The largest absolute Gasteiger partial charge is 0.363 e. The van der Waals surface area contributed by atoms with Crippen molar-refractivity contribution in [2.45, 2.75) is 17.3 Å². The van der Waals surface area contributed by atoms with Gasteiger partial charge in [0.1, 0.15) is 11.6 Å². The Labute approximate surface area is 134 Å². The fraction of sp³-hybridized carbons (Fsp3) is 0.308. The van der Waals surface area contributed by atoms with Crippen LogP contribution in [0.15, 0.2) is 22.5 Å². The summed E-state index contributed by atoms with van der Waals surface area (Å²) in [4.78, 5) is 11.9. The van der Waals surface area contributed by atoms with Crippen LogP contribution in [0.3, 0.4) is 0 Å². The molecule has 0 fully saturated rings. The Morgan fingerprint density at radius 1 is 1.41 bits per heavy atom. The minimum absolute atomic E-state index is 0.144. The SMILES string of the molecule is CNc1nnc(SCC(=O)N[C@@H](C)c2ccc(F)cc2F)s1. The fourth-order valence-corrected chi connectivity index (χ4v) is 3.23. The maximum absolute atomic E-state index is 13.6. The number of anilines is 1. The Kier molecular flexibility index (Phi) is 5.67. The van der Waals surface area contributed by atoms with Crippen molar-refractivity contribution < 1.29 is 13.6 Å². The molecule has 2 aromatic rings. The van der Waals surface area contributed by atoms with Gasteiger partial charge in [-0.3, -0.25) is 4.79 Å². The van der Waals surface area contributed by atoms with Crippen LogP contribution in [0.25, 0.3) is 0 Å². The zero-order valence-corrected chi connectivity index (χ0v) is 13.5. The van der Waals surface area contributed by atoms with E-state index in [2.05, 4.69) is 20.8 Å². The van der Waals surface area contributed by atoms with Gasteiger partial charge in [0.15, 0.2) is 4.34 Å². The van der Waals surface area contributed by atoms with E-state index in [1.165, 1.54) is 29.2 Å². The number of carbonyl (C=O) groups excluding carboxylic acids is 1. The molecule has 0 unspecified atom stereocenters. The predicted octanol–water partition coefficient (Wildman–Crippen LogP) is 2.83. The third-order valence-corrected chi connectivity index (χ3v) is 4.83. The van der Waals surface area contributed by atoms with Crippen molar-refractivity contribution in [2.75, 3.05) is 18.1 Å². The molecule has 9 heteroatoms. The normalized spacial score (nSPS) is 12.0. The quantitative estimate of drug-likeness (QED) is 0.789. The molecular formula is C13H14F2N4OS2. The van der Waals surface area contributed by atoms with Crippen LogP contribution in [0.4, 0.5) is 13.9 Å². The summed E-state index contributed by atoms with van der Waals surface area (Å²) < 4.78 is 27.2. The van der Waals surface area contributed by atoms with Crippen molar-refractivity contribution in [2.24, 2.45) is 0 Å². The van der Waals surface area contributed by atoms with Crippen molar-refractivity contribution in [1.29, 1.82) is 0 Å². The second kappa shape index (κ2) is 7.50. The molecule has 0 radical (unpaired) electrons. The number of nitrogens with zero attached hydrogens (tertiary/aromatic N) is 2. The predicted molar refractivity (Wildman–Crippen MR) is 83.1 cm³/mol. The Morgan fingerprint density at radius 2 is 2.18 bits per heavy atom. The lowest BCUT2D eigenvalue weighted by molar-refractivity contribution is -0.119. The van der Waals surface area contributed by atoms with Gasteiger partial charge in [-0.05, 0) is 13.0 Å². The second-order valence-corrected chi connectivity index (χ2v) is 6.57. The molecule has 1 heterocycles. The molecule has 0 aliphatic rings. The highest BCUT2D eigenvalue weighted by atomic mass is 32.2. The van der Waals surface area contributed by atoms with Gasteiger partial charge in [-0.2, -0.15) is 0 Å². The van der Waals surface area contributed by atoms with Gasteiger partial charge in [0.25, 0.3) is 0 Å². The molecular weight excluding hydrogens is 330 g/mol. The summed E-state index contributed by atoms with van der Waals surface area (Å²) in [5.74, 6) is -1.44. The van der Waals surface area contributed by atoms with Crippen LogP contribution in [0.2, 0.25) is 0 Å². The van der Waals surface area contributed by atoms with Gasteiger partial charge >= 0.3 is 0 Å². The van der Waals surface area contributed by atoms with Crippen LogP contribution in [-0.4, -0.2) is 28.9 Å². The van der Waals surface area contributed by atoms with Crippen LogP contribution >= 0.6 is 23.1 Å². The van der Waals surface area contributed by atoms with Gasteiger partial charge in [-0.25, -0.2) is 8.78 Å². The third kappa shape index (κ3) is 4.38. The highest BCUT2D eigenvalue weighted by Gasteiger charge is 2.15.